The van der Waals surface area contributed by atoms with E-state index in [1.165, 1.54) is 7.05 Å². The zero-order valence-corrected chi connectivity index (χ0v) is 13.1. The molecule has 8 heteroatoms. The van der Waals surface area contributed by atoms with Crippen LogP contribution >= 0.6 is 0 Å². The van der Waals surface area contributed by atoms with Crippen molar-refractivity contribution in [3.8, 4) is 0 Å². The molecule has 0 bridgehead atoms. The van der Waals surface area contributed by atoms with E-state index >= 15 is 0 Å². The molecule has 6 nitrogen and oxygen atoms in total. The lowest BCUT2D eigenvalue weighted by Crippen LogP contribution is -2.34. The van der Waals surface area contributed by atoms with Gasteiger partial charge in [0.15, 0.2) is 19.7 Å². The minimum absolute atomic E-state index is 0.154. The lowest BCUT2D eigenvalue weighted by molar-refractivity contribution is 0.559. The second-order valence-corrected chi connectivity index (χ2v) is 9.58. The van der Waals surface area contributed by atoms with E-state index in [4.69, 9.17) is 0 Å². The summed E-state index contributed by atoms with van der Waals surface area (Å²) in [5.74, 6) is -0.736. The number of nitrogens with zero attached hydrogens (tertiary/aromatic N) is 2. The smallest absolute Gasteiger partial charge is 0.225 e. The normalized spacial score (nSPS) is 14.2. The molecular formula is C10H22N2O4S2. The van der Waals surface area contributed by atoms with E-state index in [-0.39, 0.29) is 23.3 Å². The minimum atomic E-state index is -3.84. The van der Waals surface area contributed by atoms with Gasteiger partial charge in [0.05, 0.1) is 11.5 Å². The quantitative estimate of drug-likeness (QED) is 0.666. The molecule has 0 N–H and O–H groups in total. The van der Waals surface area contributed by atoms with Gasteiger partial charge in [0.2, 0.25) is 0 Å². The summed E-state index contributed by atoms with van der Waals surface area (Å²) >= 11 is 0. The van der Waals surface area contributed by atoms with Crippen LogP contribution in [-0.4, -0.2) is 40.1 Å². The summed E-state index contributed by atoms with van der Waals surface area (Å²) in [6, 6.07) is 0. The van der Waals surface area contributed by atoms with Crippen molar-refractivity contribution in [3.05, 3.63) is 0 Å². The van der Waals surface area contributed by atoms with Crippen LogP contribution in [0.3, 0.4) is 0 Å². The molecule has 108 valence electrons. The third kappa shape index (κ3) is 5.43. The van der Waals surface area contributed by atoms with Crippen molar-refractivity contribution in [2.45, 2.75) is 32.4 Å². The molecule has 0 aromatic heterocycles. The van der Waals surface area contributed by atoms with Crippen LogP contribution in [0.2, 0.25) is 0 Å². The summed E-state index contributed by atoms with van der Waals surface area (Å²) in [4.78, 5) is 0. The second kappa shape index (κ2) is 6.60. The number of sulfone groups is 2. The molecular weight excluding hydrogens is 276 g/mol. The van der Waals surface area contributed by atoms with Gasteiger partial charge in [-0.15, -0.1) is 0 Å². The highest BCUT2D eigenvalue weighted by Crippen LogP contribution is 2.18. The summed E-state index contributed by atoms with van der Waals surface area (Å²) < 4.78 is 46.3. The zero-order chi connectivity index (χ0) is 14.6. The van der Waals surface area contributed by atoms with Gasteiger partial charge < -0.3 is 0 Å². The van der Waals surface area contributed by atoms with Gasteiger partial charge in [0, 0.05) is 7.05 Å². The molecule has 0 atom stereocenters. The number of azo groups is 1. The predicted molar refractivity (Wildman–Crippen MR) is 71.8 cm³/mol. The maximum absolute atomic E-state index is 12.0. The molecule has 0 amide bonds. The van der Waals surface area contributed by atoms with Crippen LogP contribution in [0.25, 0.3) is 0 Å². The molecule has 0 aliphatic rings. The van der Waals surface area contributed by atoms with Crippen molar-refractivity contribution in [2.75, 3.05) is 18.6 Å². The fourth-order valence-corrected chi connectivity index (χ4v) is 6.48. The average molecular weight is 298 g/mol. The molecule has 0 aliphatic carbocycles. The molecule has 0 rings (SSSR count). The number of hydrogen-bond donors (Lipinski definition) is 0. The molecule has 0 heterocycles. The van der Waals surface area contributed by atoms with Crippen LogP contribution in [0.1, 0.15) is 27.7 Å². The molecule has 0 spiro atoms. The van der Waals surface area contributed by atoms with E-state index in [9.17, 15) is 16.8 Å². The molecule has 0 saturated heterocycles. The van der Waals surface area contributed by atoms with Gasteiger partial charge in [-0.05, 0) is 11.8 Å². The van der Waals surface area contributed by atoms with Crippen molar-refractivity contribution < 1.29 is 16.8 Å². The van der Waals surface area contributed by atoms with Crippen molar-refractivity contribution in [1.82, 2.24) is 0 Å². The summed E-state index contributed by atoms with van der Waals surface area (Å²) in [6.45, 7) is 6.86. The molecule has 0 aliphatic heterocycles. The molecule has 0 fully saturated rings. The standard InChI is InChI=1S/C10H22N2O4S2/c1-8(2)6-17(13,14)10(12-11-5)18(15,16)7-9(3)4/h8-10H,6-7H2,1-5H3. The van der Waals surface area contributed by atoms with Gasteiger partial charge in [-0.25, -0.2) is 16.8 Å². The minimum Gasteiger partial charge on any atom is -0.225 e. The molecule has 0 aromatic rings. The molecule has 0 aromatic carbocycles. The zero-order valence-electron chi connectivity index (χ0n) is 11.5. The van der Waals surface area contributed by atoms with Gasteiger partial charge in [0.25, 0.3) is 4.71 Å². The maximum Gasteiger partial charge on any atom is 0.271 e. The highest BCUT2D eigenvalue weighted by molar-refractivity contribution is 8.09. The first-order valence-electron chi connectivity index (χ1n) is 5.75. The molecule has 0 unspecified atom stereocenters. The highest BCUT2D eigenvalue weighted by Gasteiger charge is 2.38. The SMILES string of the molecule is CN=NC(S(=O)(=O)CC(C)C)S(=O)(=O)CC(C)C. The van der Waals surface area contributed by atoms with E-state index in [1.807, 2.05) is 0 Å². The van der Waals surface area contributed by atoms with Crippen LogP contribution < -0.4 is 0 Å². The van der Waals surface area contributed by atoms with E-state index in [2.05, 4.69) is 10.2 Å². The number of hydrogen-bond acceptors (Lipinski definition) is 6. The van der Waals surface area contributed by atoms with Gasteiger partial charge >= 0.3 is 0 Å². The summed E-state index contributed by atoms with van der Waals surface area (Å²) in [5.41, 5.74) is 0. The Bertz CT molecular complexity index is 438. The Morgan fingerprint density at radius 2 is 1.17 bits per heavy atom. The van der Waals surface area contributed by atoms with Crippen LogP contribution in [0, 0.1) is 11.8 Å². The van der Waals surface area contributed by atoms with Crippen LogP contribution in [-0.2, 0) is 19.7 Å². The number of rotatable bonds is 7. The first-order chi connectivity index (χ1) is 8.03. The van der Waals surface area contributed by atoms with Crippen LogP contribution in [0.15, 0.2) is 10.2 Å². The largest absolute Gasteiger partial charge is 0.271 e. The summed E-state index contributed by atoms with van der Waals surface area (Å²) in [7, 11) is -6.40. The highest BCUT2D eigenvalue weighted by atomic mass is 32.3. The monoisotopic (exact) mass is 298 g/mol. The topological polar surface area (TPSA) is 93.0 Å². The Kier molecular flexibility index (Phi) is 6.42. The Morgan fingerprint density at radius 1 is 0.833 bits per heavy atom. The van der Waals surface area contributed by atoms with E-state index < -0.39 is 24.4 Å². The van der Waals surface area contributed by atoms with E-state index in [1.54, 1.807) is 27.7 Å². The second-order valence-electron chi connectivity index (χ2n) is 5.07. The molecule has 0 saturated carbocycles. The van der Waals surface area contributed by atoms with Crippen molar-refractivity contribution >= 4 is 19.7 Å². The third-order valence-electron chi connectivity index (χ3n) is 1.96. The fraction of sp³-hybridized carbons (Fsp3) is 1.00. The lowest BCUT2D eigenvalue weighted by atomic mass is 10.3. The Hall–Kier alpha value is -0.500. The van der Waals surface area contributed by atoms with Crippen LogP contribution in [0.5, 0.6) is 0 Å². The van der Waals surface area contributed by atoms with Crippen molar-refractivity contribution in [3.63, 3.8) is 0 Å². The first-order valence-corrected chi connectivity index (χ1v) is 9.18. The van der Waals surface area contributed by atoms with Gasteiger partial charge in [-0.3, -0.25) is 0 Å². The average Bonchev–Trinajstić information content (AvgIpc) is 2.08. The van der Waals surface area contributed by atoms with Crippen molar-refractivity contribution in [1.29, 1.82) is 0 Å². The van der Waals surface area contributed by atoms with Gasteiger partial charge in [0.1, 0.15) is 0 Å². The van der Waals surface area contributed by atoms with Gasteiger partial charge in [-0.1, -0.05) is 27.7 Å². The predicted octanol–water partition coefficient (Wildman–Crippen LogP) is 1.49. The van der Waals surface area contributed by atoms with E-state index in [0.29, 0.717) is 0 Å². The Balaban J connectivity index is 5.46. The summed E-state index contributed by atoms with van der Waals surface area (Å²) in [6.07, 6.45) is 0. The van der Waals surface area contributed by atoms with Crippen LogP contribution in [0.4, 0.5) is 0 Å². The Labute approximate surface area is 110 Å². The van der Waals surface area contributed by atoms with Gasteiger partial charge in [-0.2, -0.15) is 10.2 Å². The molecule has 18 heavy (non-hydrogen) atoms. The first kappa shape index (κ1) is 17.5. The fourth-order valence-electron chi connectivity index (χ4n) is 1.56. The Morgan fingerprint density at radius 3 is 1.39 bits per heavy atom. The maximum atomic E-state index is 12.0. The lowest BCUT2D eigenvalue weighted by Gasteiger charge is -2.16. The van der Waals surface area contributed by atoms with Crippen molar-refractivity contribution in [2.24, 2.45) is 22.1 Å². The summed E-state index contributed by atoms with van der Waals surface area (Å²) in [5, 5.41) is 6.77. The van der Waals surface area contributed by atoms with E-state index in [0.717, 1.165) is 0 Å². The molecule has 0 radical (unpaired) electrons. The third-order valence-corrected chi connectivity index (χ3v) is 7.39.